The van der Waals surface area contributed by atoms with Crippen LogP contribution in [0.4, 0.5) is 5.69 Å². The summed E-state index contributed by atoms with van der Waals surface area (Å²) in [4.78, 5) is 25.4. The molecule has 2 aromatic heterocycles. The first kappa shape index (κ1) is 19.5. The number of furan rings is 1. The molecule has 2 aromatic carbocycles. The molecule has 0 fully saturated rings. The number of hydrogen-bond donors (Lipinski definition) is 1. The molecule has 0 unspecified atom stereocenters. The average molecular weight is 403 g/mol. The number of amides is 1. The molecule has 2 heterocycles. The molecule has 6 nitrogen and oxygen atoms in total. The van der Waals surface area contributed by atoms with Gasteiger partial charge in [0.1, 0.15) is 5.58 Å². The Morgan fingerprint density at radius 1 is 1.10 bits per heavy atom. The molecular formula is C24H21NO5. The average Bonchev–Trinajstić information content (AvgIpc) is 3.28. The monoisotopic (exact) mass is 403 g/mol. The van der Waals surface area contributed by atoms with Crippen LogP contribution in [0.3, 0.4) is 0 Å². The van der Waals surface area contributed by atoms with Crippen LogP contribution in [-0.4, -0.2) is 12.5 Å². The van der Waals surface area contributed by atoms with Gasteiger partial charge in [-0.2, -0.15) is 0 Å². The van der Waals surface area contributed by atoms with Crippen LogP contribution in [-0.2, 0) is 11.2 Å². The Kier molecular flexibility index (Phi) is 5.39. The summed E-state index contributed by atoms with van der Waals surface area (Å²) in [5.41, 5.74) is 2.87. The second kappa shape index (κ2) is 8.29. The summed E-state index contributed by atoms with van der Waals surface area (Å²) in [5, 5.41) is 3.14. The maximum absolute atomic E-state index is 13.0. The third-order valence-electron chi connectivity index (χ3n) is 4.74. The lowest BCUT2D eigenvalue weighted by atomic mass is 10.1. The fourth-order valence-corrected chi connectivity index (χ4v) is 3.14. The van der Waals surface area contributed by atoms with Crippen LogP contribution in [0.1, 0.15) is 18.1 Å². The van der Waals surface area contributed by atoms with Gasteiger partial charge in [-0.05, 0) is 60.9 Å². The van der Waals surface area contributed by atoms with Crippen molar-refractivity contribution in [3.8, 4) is 17.3 Å². The number of anilines is 1. The van der Waals surface area contributed by atoms with Crippen LogP contribution in [0.5, 0.6) is 5.75 Å². The molecule has 1 amide bonds. The van der Waals surface area contributed by atoms with Gasteiger partial charge in [-0.1, -0.05) is 25.1 Å². The van der Waals surface area contributed by atoms with Gasteiger partial charge < -0.3 is 18.9 Å². The summed E-state index contributed by atoms with van der Waals surface area (Å²) in [6.07, 6.45) is 2.40. The minimum Gasteiger partial charge on any atom is -0.476 e. The molecule has 0 saturated carbocycles. The Morgan fingerprint density at radius 2 is 1.90 bits per heavy atom. The van der Waals surface area contributed by atoms with E-state index in [1.807, 2.05) is 37.3 Å². The van der Waals surface area contributed by atoms with Crippen LogP contribution >= 0.6 is 0 Å². The van der Waals surface area contributed by atoms with Crippen molar-refractivity contribution >= 4 is 22.6 Å². The highest BCUT2D eigenvalue weighted by Gasteiger charge is 2.20. The van der Waals surface area contributed by atoms with E-state index < -0.39 is 0 Å². The summed E-state index contributed by atoms with van der Waals surface area (Å²) in [6.45, 7) is 3.63. The van der Waals surface area contributed by atoms with Crippen LogP contribution in [0, 0.1) is 6.92 Å². The SMILES string of the molecule is CCc1ccc(NC(=O)COc2c(-c3ccco3)oc3cc(C)ccc3c2=O)cc1. The van der Waals surface area contributed by atoms with Crippen molar-refractivity contribution < 1.29 is 18.4 Å². The molecule has 6 heteroatoms. The molecule has 0 atom stereocenters. The molecular weight excluding hydrogens is 382 g/mol. The van der Waals surface area contributed by atoms with Crippen molar-refractivity contribution in [2.24, 2.45) is 0 Å². The zero-order valence-corrected chi connectivity index (χ0v) is 16.7. The highest BCUT2D eigenvalue weighted by molar-refractivity contribution is 5.92. The largest absolute Gasteiger partial charge is 0.476 e. The number of hydrogen-bond acceptors (Lipinski definition) is 5. The molecule has 1 N–H and O–H groups in total. The molecule has 4 rings (SSSR count). The summed E-state index contributed by atoms with van der Waals surface area (Å²) in [6, 6.07) is 16.2. The summed E-state index contributed by atoms with van der Waals surface area (Å²) in [7, 11) is 0. The lowest BCUT2D eigenvalue weighted by Crippen LogP contribution is -2.22. The number of aryl methyl sites for hydroxylation is 2. The lowest BCUT2D eigenvalue weighted by Gasteiger charge is -2.11. The van der Waals surface area contributed by atoms with Crippen LogP contribution in [0.15, 0.2) is 74.5 Å². The van der Waals surface area contributed by atoms with E-state index in [2.05, 4.69) is 12.2 Å². The molecule has 0 spiro atoms. The fraction of sp³-hybridized carbons (Fsp3) is 0.167. The summed E-state index contributed by atoms with van der Waals surface area (Å²) < 4.78 is 17.0. The summed E-state index contributed by atoms with van der Waals surface area (Å²) >= 11 is 0. The third-order valence-corrected chi connectivity index (χ3v) is 4.74. The van der Waals surface area contributed by atoms with Crippen LogP contribution < -0.4 is 15.5 Å². The maximum atomic E-state index is 13.0. The second-order valence-electron chi connectivity index (χ2n) is 6.95. The van der Waals surface area contributed by atoms with Crippen molar-refractivity contribution in [2.45, 2.75) is 20.3 Å². The van der Waals surface area contributed by atoms with E-state index in [1.54, 1.807) is 24.3 Å². The third kappa shape index (κ3) is 3.98. The number of benzene rings is 2. The lowest BCUT2D eigenvalue weighted by molar-refractivity contribution is -0.118. The minimum atomic E-state index is -0.381. The van der Waals surface area contributed by atoms with Gasteiger partial charge in [-0.15, -0.1) is 0 Å². The molecule has 0 radical (unpaired) electrons. The zero-order valence-electron chi connectivity index (χ0n) is 16.7. The molecule has 0 bridgehead atoms. The van der Waals surface area contributed by atoms with E-state index in [1.165, 1.54) is 11.8 Å². The predicted octanol–water partition coefficient (Wildman–Crippen LogP) is 4.94. The maximum Gasteiger partial charge on any atom is 0.262 e. The van der Waals surface area contributed by atoms with E-state index in [0.29, 0.717) is 22.4 Å². The van der Waals surface area contributed by atoms with Crippen molar-refractivity contribution in [1.29, 1.82) is 0 Å². The molecule has 0 aliphatic rings. The van der Waals surface area contributed by atoms with Crippen molar-refractivity contribution in [2.75, 3.05) is 11.9 Å². The molecule has 0 saturated heterocycles. The van der Waals surface area contributed by atoms with Gasteiger partial charge >= 0.3 is 0 Å². The van der Waals surface area contributed by atoms with E-state index in [0.717, 1.165) is 12.0 Å². The van der Waals surface area contributed by atoms with E-state index in [4.69, 9.17) is 13.6 Å². The van der Waals surface area contributed by atoms with E-state index in [9.17, 15) is 9.59 Å². The van der Waals surface area contributed by atoms with Crippen LogP contribution in [0.2, 0.25) is 0 Å². The van der Waals surface area contributed by atoms with E-state index >= 15 is 0 Å². The standard InChI is InChI=1S/C24H21NO5/c1-3-16-7-9-17(10-8-16)25-21(26)14-29-24-22(27)18-11-6-15(2)13-20(18)30-23(24)19-5-4-12-28-19/h4-13H,3,14H2,1-2H3,(H,25,26). The number of fused-ring (bicyclic) bond motifs is 1. The first-order valence-electron chi connectivity index (χ1n) is 9.68. The van der Waals surface area contributed by atoms with Crippen molar-refractivity contribution in [1.82, 2.24) is 0 Å². The molecule has 4 aromatic rings. The predicted molar refractivity (Wildman–Crippen MR) is 115 cm³/mol. The van der Waals surface area contributed by atoms with Crippen molar-refractivity contribution in [3.63, 3.8) is 0 Å². The van der Waals surface area contributed by atoms with Gasteiger partial charge in [-0.3, -0.25) is 9.59 Å². The summed E-state index contributed by atoms with van der Waals surface area (Å²) in [5.74, 6) is 0.0649. The zero-order chi connectivity index (χ0) is 21.1. The Labute approximate surface area is 173 Å². The number of ether oxygens (including phenoxy) is 1. The Balaban J connectivity index is 1.61. The van der Waals surface area contributed by atoms with Crippen molar-refractivity contribution in [3.05, 3.63) is 82.2 Å². The number of carbonyl (C=O) groups excluding carboxylic acids is 1. The Morgan fingerprint density at radius 3 is 2.60 bits per heavy atom. The van der Waals surface area contributed by atoms with Gasteiger partial charge in [0, 0.05) is 5.69 Å². The second-order valence-corrected chi connectivity index (χ2v) is 6.95. The normalized spacial score (nSPS) is 10.9. The molecule has 0 aliphatic carbocycles. The van der Waals surface area contributed by atoms with Gasteiger partial charge in [0.15, 0.2) is 12.4 Å². The molecule has 152 valence electrons. The molecule has 0 aliphatic heterocycles. The van der Waals surface area contributed by atoms with Crippen LogP contribution in [0.25, 0.3) is 22.5 Å². The Hall–Kier alpha value is -3.80. The van der Waals surface area contributed by atoms with E-state index in [-0.39, 0.29) is 29.5 Å². The number of rotatable bonds is 6. The highest BCUT2D eigenvalue weighted by Crippen LogP contribution is 2.31. The number of nitrogens with one attached hydrogen (secondary N) is 1. The van der Waals surface area contributed by atoms with Gasteiger partial charge in [-0.25, -0.2) is 0 Å². The fourth-order valence-electron chi connectivity index (χ4n) is 3.14. The quantitative estimate of drug-likeness (QED) is 0.493. The number of carbonyl (C=O) groups is 1. The smallest absolute Gasteiger partial charge is 0.262 e. The van der Waals surface area contributed by atoms with Gasteiger partial charge in [0.2, 0.25) is 16.9 Å². The first-order chi connectivity index (χ1) is 14.5. The topological polar surface area (TPSA) is 81.7 Å². The van der Waals surface area contributed by atoms with Gasteiger partial charge in [0.05, 0.1) is 11.6 Å². The molecule has 30 heavy (non-hydrogen) atoms. The Bertz CT molecular complexity index is 1240. The highest BCUT2D eigenvalue weighted by atomic mass is 16.5. The first-order valence-corrected chi connectivity index (χ1v) is 9.68. The van der Waals surface area contributed by atoms with Gasteiger partial charge in [0.25, 0.3) is 5.91 Å². The minimum absolute atomic E-state index is 0.0576.